The number of carbonyl (C=O) groups is 1. The second-order valence-electron chi connectivity index (χ2n) is 7.26. The molecule has 3 aromatic rings. The van der Waals surface area contributed by atoms with Crippen molar-refractivity contribution in [3.63, 3.8) is 0 Å². The first-order valence-electron chi connectivity index (χ1n) is 9.78. The Morgan fingerprint density at radius 1 is 0.875 bits per heavy atom. The number of alkyl halides is 3. The molecular formula is C22H19F3N2O3S2. The first-order chi connectivity index (χ1) is 15.2. The molecular weight excluding hydrogens is 461 g/mol. The van der Waals surface area contributed by atoms with Gasteiger partial charge in [-0.1, -0.05) is 24.3 Å². The fraction of sp³-hybridized carbons (Fsp3) is 0.227. The van der Waals surface area contributed by atoms with Crippen LogP contribution in [-0.2, 0) is 16.0 Å². The number of anilines is 1. The van der Waals surface area contributed by atoms with Crippen LogP contribution in [0.25, 0.3) is 0 Å². The molecule has 0 N–H and O–H groups in total. The number of thiophene rings is 1. The van der Waals surface area contributed by atoms with Crippen LogP contribution < -0.4 is 4.90 Å². The van der Waals surface area contributed by atoms with Crippen LogP contribution in [0.3, 0.4) is 0 Å². The van der Waals surface area contributed by atoms with Crippen LogP contribution in [0.15, 0.2) is 75.8 Å². The molecule has 10 heteroatoms. The Morgan fingerprint density at radius 3 is 2.22 bits per heavy atom. The van der Waals surface area contributed by atoms with Crippen molar-refractivity contribution in [1.82, 2.24) is 4.90 Å². The van der Waals surface area contributed by atoms with Crippen LogP contribution in [0.4, 0.5) is 18.9 Å². The molecule has 2 aromatic carbocycles. The third-order valence-corrected chi connectivity index (χ3v) is 8.55. The van der Waals surface area contributed by atoms with Gasteiger partial charge >= 0.3 is 6.18 Å². The van der Waals surface area contributed by atoms with Gasteiger partial charge in [0.15, 0.2) is 0 Å². The predicted molar refractivity (Wildman–Crippen MR) is 116 cm³/mol. The molecule has 32 heavy (non-hydrogen) atoms. The summed E-state index contributed by atoms with van der Waals surface area (Å²) in [5.41, 5.74) is -0.251. The molecule has 0 bridgehead atoms. The van der Waals surface area contributed by atoms with Gasteiger partial charge in [0.05, 0.1) is 15.3 Å². The lowest BCUT2D eigenvalue weighted by molar-refractivity contribution is -0.137. The van der Waals surface area contributed by atoms with Crippen LogP contribution in [-0.4, -0.2) is 45.4 Å². The maximum atomic E-state index is 13.0. The molecule has 4 rings (SSSR count). The minimum absolute atomic E-state index is 0.0923. The minimum atomic E-state index is -4.41. The molecule has 1 saturated heterocycles. The van der Waals surface area contributed by atoms with Crippen molar-refractivity contribution >= 4 is 32.8 Å². The fourth-order valence-corrected chi connectivity index (χ4v) is 6.19. The van der Waals surface area contributed by atoms with Crippen LogP contribution in [0.1, 0.15) is 15.2 Å². The number of rotatable bonds is 4. The van der Waals surface area contributed by atoms with E-state index in [1.165, 1.54) is 30.3 Å². The van der Waals surface area contributed by atoms with Crippen molar-refractivity contribution in [3.05, 3.63) is 77.2 Å². The highest BCUT2D eigenvalue weighted by atomic mass is 32.2. The second kappa shape index (κ2) is 8.59. The van der Waals surface area contributed by atoms with Crippen LogP contribution in [0.2, 0.25) is 0 Å². The number of nitrogens with zero attached hydrogens (tertiary/aromatic N) is 2. The third-order valence-electron chi connectivity index (χ3n) is 5.22. The zero-order chi connectivity index (χ0) is 22.9. The maximum Gasteiger partial charge on any atom is 0.416 e. The highest BCUT2D eigenvalue weighted by Crippen LogP contribution is 2.32. The number of sulfone groups is 1. The number of hydrogen-bond acceptors (Lipinski definition) is 5. The Morgan fingerprint density at radius 2 is 1.56 bits per heavy atom. The van der Waals surface area contributed by atoms with Crippen molar-refractivity contribution in [3.8, 4) is 0 Å². The van der Waals surface area contributed by atoms with Crippen molar-refractivity contribution < 1.29 is 26.4 Å². The summed E-state index contributed by atoms with van der Waals surface area (Å²) in [5, 5.41) is 0. The summed E-state index contributed by atoms with van der Waals surface area (Å²) in [6, 6.07) is 16.1. The van der Waals surface area contributed by atoms with E-state index in [-0.39, 0.29) is 15.0 Å². The lowest BCUT2D eigenvalue weighted by atomic mass is 10.1. The van der Waals surface area contributed by atoms with E-state index in [4.69, 9.17) is 0 Å². The van der Waals surface area contributed by atoms with E-state index in [0.717, 1.165) is 23.5 Å². The van der Waals surface area contributed by atoms with E-state index in [1.54, 1.807) is 34.1 Å². The van der Waals surface area contributed by atoms with Gasteiger partial charge in [0.25, 0.3) is 5.91 Å². The Hall–Kier alpha value is -2.85. The number of halogens is 3. The lowest BCUT2D eigenvalue weighted by Gasteiger charge is -2.36. The van der Waals surface area contributed by atoms with Crippen LogP contribution >= 0.6 is 11.3 Å². The second-order valence-corrected chi connectivity index (χ2v) is 10.5. The summed E-state index contributed by atoms with van der Waals surface area (Å²) in [7, 11) is -3.70. The van der Waals surface area contributed by atoms with Crippen LogP contribution in [0.5, 0.6) is 0 Å². The van der Waals surface area contributed by atoms with E-state index in [1.807, 2.05) is 0 Å². The maximum absolute atomic E-state index is 13.0. The van der Waals surface area contributed by atoms with E-state index < -0.39 is 21.6 Å². The van der Waals surface area contributed by atoms with Gasteiger partial charge in [-0.25, -0.2) is 8.42 Å². The summed E-state index contributed by atoms with van der Waals surface area (Å²) in [6.45, 7) is 1.42. The Kier molecular flexibility index (Phi) is 6.00. The molecule has 168 valence electrons. The molecule has 5 nitrogen and oxygen atoms in total. The average Bonchev–Trinajstić information content (AvgIpc) is 3.30. The molecule has 0 unspecified atom stereocenters. The normalized spacial score (nSPS) is 15.1. The molecule has 1 aliphatic rings. The number of carbonyl (C=O) groups excluding carboxylic acids is 1. The van der Waals surface area contributed by atoms with E-state index in [9.17, 15) is 26.4 Å². The molecule has 1 fully saturated rings. The Balaban J connectivity index is 1.44. The number of amides is 1. The average molecular weight is 481 g/mol. The van der Waals surface area contributed by atoms with Gasteiger partial charge < -0.3 is 9.80 Å². The quantitative estimate of drug-likeness (QED) is 0.549. The molecule has 0 aliphatic carbocycles. The molecule has 1 aliphatic heterocycles. The fourth-order valence-electron chi connectivity index (χ4n) is 3.50. The summed E-state index contributed by atoms with van der Waals surface area (Å²) >= 11 is 0.921. The standard InChI is InChI=1S/C22H19F3N2O3S2/c23-22(24,25)16-5-4-6-17(15-16)26-11-13-27(14-12-26)21(28)19-9-10-20(31-19)32(29,30)18-7-2-1-3-8-18/h1-10,15H,11-14H2. The van der Waals surface area contributed by atoms with Crippen molar-refractivity contribution in [1.29, 1.82) is 0 Å². The molecule has 1 amide bonds. The predicted octanol–water partition coefficient (Wildman–Crippen LogP) is 4.56. The molecule has 0 spiro atoms. The smallest absolute Gasteiger partial charge is 0.368 e. The summed E-state index contributed by atoms with van der Waals surface area (Å²) in [4.78, 5) is 16.8. The number of piperazine rings is 1. The summed E-state index contributed by atoms with van der Waals surface area (Å²) < 4.78 is 64.5. The minimum Gasteiger partial charge on any atom is -0.368 e. The van der Waals surface area contributed by atoms with E-state index in [2.05, 4.69) is 0 Å². The number of benzene rings is 2. The van der Waals surface area contributed by atoms with Crippen molar-refractivity contribution in [2.75, 3.05) is 31.1 Å². The van der Waals surface area contributed by atoms with Gasteiger partial charge in [0, 0.05) is 31.9 Å². The summed E-state index contributed by atoms with van der Waals surface area (Å²) in [5.74, 6) is -0.284. The van der Waals surface area contributed by atoms with Crippen LogP contribution in [0, 0.1) is 0 Å². The van der Waals surface area contributed by atoms with Gasteiger partial charge in [-0.2, -0.15) is 13.2 Å². The largest absolute Gasteiger partial charge is 0.416 e. The lowest BCUT2D eigenvalue weighted by Crippen LogP contribution is -2.48. The first-order valence-corrected chi connectivity index (χ1v) is 12.1. The molecule has 1 aromatic heterocycles. The van der Waals surface area contributed by atoms with E-state index >= 15 is 0 Å². The zero-order valence-corrected chi connectivity index (χ0v) is 18.4. The molecule has 0 atom stereocenters. The monoisotopic (exact) mass is 480 g/mol. The zero-order valence-electron chi connectivity index (χ0n) is 16.7. The van der Waals surface area contributed by atoms with Gasteiger partial charge in [0.2, 0.25) is 9.84 Å². The SMILES string of the molecule is O=C(c1ccc(S(=O)(=O)c2ccccc2)s1)N1CCN(c2cccc(C(F)(F)F)c2)CC1. The highest BCUT2D eigenvalue weighted by molar-refractivity contribution is 7.93. The summed E-state index contributed by atoms with van der Waals surface area (Å²) in [6.07, 6.45) is -4.41. The van der Waals surface area contributed by atoms with Crippen molar-refractivity contribution in [2.24, 2.45) is 0 Å². The third kappa shape index (κ3) is 4.51. The topological polar surface area (TPSA) is 57.7 Å². The van der Waals surface area contributed by atoms with Gasteiger partial charge in [-0.05, 0) is 42.5 Å². The highest BCUT2D eigenvalue weighted by Gasteiger charge is 2.31. The number of hydrogen-bond donors (Lipinski definition) is 0. The molecule has 0 radical (unpaired) electrons. The van der Waals surface area contributed by atoms with Gasteiger partial charge in [-0.3, -0.25) is 4.79 Å². The Labute approximate surface area is 187 Å². The van der Waals surface area contributed by atoms with Gasteiger partial charge in [0.1, 0.15) is 4.21 Å². The Bertz CT molecular complexity index is 1220. The van der Waals surface area contributed by atoms with Gasteiger partial charge in [-0.15, -0.1) is 11.3 Å². The van der Waals surface area contributed by atoms with Crippen molar-refractivity contribution in [2.45, 2.75) is 15.3 Å². The molecule has 2 heterocycles. The van der Waals surface area contributed by atoms with E-state index in [0.29, 0.717) is 36.7 Å². The first kappa shape index (κ1) is 22.3. The molecule has 0 saturated carbocycles.